The van der Waals surface area contributed by atoms with Gasteiger partial charge < -0.3 is 10.6 Å². The molecule has 0 rings (SSSR count). The predicted octanol–water partition coefficient (Wildman–Crippen LogP) is -0.373. The van der Waals surface area contributed by atoms with E-state index in [9.17, 15) is 22.6 Å². The predicted molar refractivity (Wildman–Crippen MR) is 71.0 cm³/mol. The molecular formula is C11H18N2O5S. The summed E-state index contributed by atoms with van der Waals surface area (Å²) in [5.41, 5.74) is 0. The Labute approximate surface area is 112 Å². The lowest BCUT2D eigenvalue weighted by Crippen LogP contribution is -2.55. The first-order valence-electron chi connectivity index (χ1n) is 5.50. The summed E-state index contributed by atoms with van der Waals surface area (Å²) in [5.74, 6) is -1.15. The zero-order valence-electron chi connectivity index (χ0n) is 10.7. The van der Waals surface area contributed by atoms with Gasteiger partial charge in [-0.15, -0.1) is 0 Å². The lowest BCUT2D eigenvalue weighted by Gasteiger charge is -2.29. The third-order valence-corrected chi connectivity index (χ3v) is 4.40. The van der Waals surface area contributed by atoms with Gasteiger partial charge in [0.15, 0.2) is 0 Å². The van der Waals surface area contributed by atoms with Gasteiger partial charge in [-0.05, 0) is 18.6 Å². The normalized spacial score (nSPS) is 11.5. The number of nitrogens with one attached hydrogen (secondary N) is 2. The highest BCUT2D eigenvalue weighted by atomic mass is 32.2. The average molecular weight is 290 g/mol. The van der Waals surface area contributed by atoms with Crippen LogP contribution in [0.15, 0.2) is 25.3 Å². The van der Waals surface area contributed by atoms with Gasteiger partial charge in [0, 0.05) is 13.1 Å². The second-order valence-corrected chi connectivity index (χ2v) is 5.67. The minimum absolute atomic E-state index is 0.000674. The van der Waals surface area contributed by atoms with Crippen LogP contribution in [0.2, 0.25) is 0 Å². The molecule has 0 saturated carbocycles. The third kappa shape index (κ3) is 4.84. The van der Waals surface area contributed by atoms with Crippen LogP contribution in [0.5, 0.6) is 0 Å². The largest absolute Gasteiger partial charge is 0.351 e. The van der Waals surface area contributed by atoms with E-state index in [2.05, 4.69) is 23.8 Å². The van der Waals surface area contributed by atoms with Gasteiger partial charge in [-0.25, -0.2) is 0 Å². The zero-order valence-corrected chi connectivity index (χ0v) is 11.5. The lowest BCUT2D eigenvalue weighted by atomic mass is 10.1. The van der Waals surface area contributed by atoms with Crippen molar-refractivity contribution in [1.82, 2.24) is 10.6 Å². The molecule has 0 aliphatic rings. The molecule has 0 aromatic rings. The molecule has 0 unspecified atom stereocenters. The molecule has 108 valence electrons. The maximum atomic E-state index is 11.5. The maximum absolute atomic E-state index is 11.5. The molecule has 0 bridgehead atoms. The van der Waals surface area contributed by atoms with E-state index in [4.69, 9.17) is 0 Å². The molecule has 0 aliphatic carbocycles. The summed E-state index contributed by atoms with van der Waals surface area (Å²) < 4.78 is 30.6. The van der Waals surface area contributed by atoms with E-state index < -0.39 is 26.7 Å². The number of amides is 2. The minimum Gasteiger partial charge on any atom is -0.351 e. The summed E-state index contributed by atoms with van der Waals surface area (Å²) in [6.07, 6.45) is 1.96. The van der Waals surface area contributed by atoms with Gasteiger partial charge in [-0.3, -0.25) is 14.1 Å². The number of hydrogen-bond acceptors (Lipinski definition) is 4. The van der Waals surface area contributed by atoms with Gasteiger partial charge in [-0.2, -0.15) is 8.42 Å². The molecule has 0 atom stereocenters. The Morgan fingerprint density at radius 3 is 1.74 bits per heavy atom. The van der Waals surface area contributed by atoms with Crippen LogP contribution in [-0.4, -0.2) is 42.6 Å². The Bertz CT molecular complexity index is 445. The van der Waals surface area contributed by atoms with Crippen molar-refractivity contribution in [3.8, 4) is 0 Å². The van der Waals surface area contributed by atoms with Crippen molar-refractivity contribution >= 4 is 21.9 Å². The van der Waals surface area contributed by atoms with E-state index in [1.54, 1.807) is 0 Å². The quantitative estimate of drug-likeness (QED) is 0.417. The first-order valence-corrected chi connectivity index (χ1v) is 6.94. The highest BCUT2D eigenvalue weighted by Gasteiger charge is 2.41. The molecule has 8 heteroatoms. The molecule has 0 fully saturated rings. The zero-order chi connectivity index (χ0) is 15.1. The standard InChI is InChI=1S/C11H18N2O5S/c1-4-9(14)12-7-11(6-3,19(16,17)18)8-13-10(15)5-2/h4-5H,1-2,6-8H2,3H3,(H,12,14)(H,13,15)(H,16,17,18). The molecule has 0 spiro atoms. The Morgan fingerprint density at radius 2 is 1.53 bits per heavy atom. The van der Waals surface area contributed by atoms with Crippen LogP contribution < -0.4 is 10.6 Å². The van der Waals surface area contributed by atoms with Crippen LogP contribution in [0.3, 0.4) is 0 Å². The highest BCUT2D eigenvalue weighted by molar-refractivity contribution is 7.87. The smallest absolute Gasteiger partial charge is 0.274 e. The van der Waals surface area contributed by atoms with Crippen molar-refractivity contribution < 1.29 is 22.6 Å². The third-order valence-electron chi connectivity index (χ3n) is 2.73. The lowest BCUT2D eigenvalue weighted by molar-refractivity contribution is -0.116. The number of carbonyl (C=O) groups excluding carboxylic acids is 2. The second kappa shape index (κ2) is 7.05. The fourth-order valence-electron chi connectivity index (χ4n) is 1.32. The SMILES string of the molecule is C=CC(=O)NCC(CC)(CNC(=O)C=C)S(=O)(=O)O. The molecule has 19 heavy (non-hydrogen) atoms. The van der Waals surface area contributed by atoms with E-state index in [1.165, 1.54) is 6.92 Å². The first kappa shape index (κ1) is 17.3. The Hall–Kier alpha value is -1.67. The van der Waals surface area contributed by atoms with Crippen LogP contribution in [-0.2, 0) is 19.7 Å². The molecule has 0 heterocycles. The van der Waals surface area contributed by atoms with Crippen molar-refractivity contribution in [2.24, 2.45) is 0 Å². The molecule has 0 aromatic carbocycles. The molecule has 0 radical (unpaired) electrons. The summed E-state index contributed by atoms with van der Waals surface area (Å²) in [5, 5.41) is 4.60. The van der Waals surface area contributed by atoms with Crippen LogP contribution in [0, 0.1) is 0 Å². The molecule has 3 N–H and O–H groups in total. The highest BCUT2D eigenvalue weighted by Crippen LogP contribution is 2.19. The summed E-state index contributed by atoms with van der Waals surface area (Å²) in [6.45, 7) is 7.30. The molecular weight excluding hydrogens is 272 g/mol. The van der Waals surface area contributed by atoms with Gasteiger partial charge >= 0.3 is 0 Å². The first-order chi connectivity index (χ1) is 8.72. The van der Waals surface area contributed by atoms with Crippen molar-refractivity contribution in [3.63, 3.8) is 0 Å². The van der Waals surface area contributed by atoms with Crippen molar-refractivity contribution in [1.29, 1.82) is 0 Å². The maximum Gasteiger partial charge on any atom is 0.274 e. The second-order valence-electron chi connectivity index (χ2n) is 3.86. The van der Waals surface area contributed by atoms with Gasteiger partial charge in [0.25, 0.3) is 10.1 Å². The Morgan fingerprint density at radius 1 is 1.16 bits per heavy atom. The van der Waals surface area contributed by atoms with Crippen LogP contribution >= 0.6 is 0 Å². The fourth-order valence-corrected chi connectivity index (χ4v) is 2.19. The number of rotatable bonds is 8. The molecule has 7 nitrogen and oxygen atoms in total. The average Bonchev–Trinajstić information content (AvgIpc) is 2.36. The Kier molecular flexibility index (Phi) is 6.43. The van der Waals surface area contributed by atoms with E-state index in [0.717, 1.165) is 12.2 Å². The van der Waals surface area contributed by atoms with Gasteiger partial charge in [0.05, 0.1) is 0 Å². The summed E-state index contributed by atoms with van der Waals surface area (Å²) in [7, 11) is -4.48. The van der Waals surface area contributed by atoms with Crippen LogP contribution in [0.25, 0.3) is 0 Å². The van der Waals surface area contributed by atoms with E-state index >= 15 is 0 Å². The molecule has 2 amide bonds. The number of hydrogen-bond donors (Lipinski definition) is 3. The summed E-state index contributed by atoms with van der Waals surface area (Å²) in [4.78, 5) is 22.2. The van der Waals surface area contributed by atoms with Gasteiger partial charge in [-0.1, -0.05) is 20.1 Å². The fraction of sp³-hybridized carbons (Fsp3) is 0.455. The van der Waals surface area contributed by atoms with Gasteiger partial charge in [0.2, 0.25) is 11.8 Å². The van der Waals surface area contributed by atoms with Crippen molar-refractivity contribution in [2.75, 3.05) is 13.1 Å². The minimum atomic E-state index is -4.48. The topological polar surface area (TPSA) is 113 Å². The van der Waals surface area contributed by atoms with Gasteiger partial charge in [0.1, 0.15) is 4.75 Å². The summed E-state index contributed by atoms with van der Waals surface area (Å²) in [6, 6.07) is 0. The van der Waals surface area contributed by atoms with E-state index in [0.29, 0.717) is 0 Å². The van der Waals surface area contributed by atoms with Crippen LogP contribution in [0.4, 0.5) is 0 Å². The van der Waals surface area contributed by atoms with Crippen molar-refractivity contribution in [2.45, 2.75) is 18.1 Å². The summed E-state index contributed by atoms with van der Waals surface area (Å²) >= 11 is 0. The van der Waals surface area contributed by atoms with E-state index in [1.807, 2.05) is 0 Å². The molecule has 0 aliphatic heterocycles. The van der Waals surface area contributed by atoms with Crippen molar-refractivity contribution in [3.05, 3.63) is 25.3 Å². The molecule has 0 saturated heterocycles. The molecule has 0 aromatic heterocycles. The number of carbonyl (C=O) groups is 2. The Balaban J connectivity index is 5.10. The van der Waals surface area contributed by atoms with E-state index in [-0.39, 0.29) is 19.5 Å². The van der Waals surface area contributed by atoms with Crippen LogP contribution in [0.1, 0.15) is 13.3 Å². The monoisotopic (exact) mass is 290 g/mol.